The molecular weight excluding hydrogens is 840 g/mol. The molecule has 7 unspecified atom stereocenters. The molecule has 2 aliphatic rings. The molecule has 2 fully saturated rings. The van der Waals surface area contributed by atoms with Crippen molar-refractivity contribution in [3.05, 3.63) is 63.7 Å². The predicted molar refractivity (Wildman–Crippen MR) is 182 cm³/mol. The van der Waals surface area contributed by atoms with Gasteiger partial charge in [0.1, 0.15) is 41.6 Å². The average molecular weight is 881 g/mol. The molecule has 24 heteroatoms. The van der Waals surface area contributed by atoms with E-state index in [-0.39, 0.29) is 51.7 Å². The van der Waals surface area contributed by atoms with Gasteiger partial charge in [0.05, 0.1) is 25.9 Å². The molecule has 59 heavy (non-hydrogen) atoms. The van der Waals surface area contributed by atoms with E-state index in [2.05, 4.69) is 14.7 Å². The van der Waals surface area contributed by atoms with E-state index in [0.717, 1.165) is 12.3 Å². The fourth-order valence-electron chi connectivity index (χ4n) is 5.92. The van der Waals surface area contributed by atoms with E-state index >= 15 is 0 Å². The van der Waals surface area contributed by atoms with Crippen LogP contribution in [0.25, 0.3) is 0 Å². The third kappa shape index (κ3) is 10.9. The summed E-state index contributed by atoms with van der Waals surface area (Å²) in [5.74, 6) is -1.73. The van der Waals surface area contributed by atoms with Crippen LogP contribution in [0.1, 0.15) is 46.7 Å². The van der Waals surface area contributed by atoms with Crippen LogP contribution in [0.4, 0.5) is 35.1 Å². The molecule has 1 aliphatic heterocycles. The maximum absolute atomic E-state index is 13.7. The van der Waals surface area contributed by atoms with Crippen molar-refractivity contribution in [2.24, 2.45) is 0 Å². The third-order valence-electron chi connectivity index (χ3n) is 9.22. The summed E-state index contributed by atoms with van der Waals surface area (Å²) >= 11 is -0.0612. The molecule has 7 N–H and O–H groups in total. The topological polar surface area (TPSA) is 223 Å². The third-order valence-corrected chi connectivity index (χ3v) is 10.4. The molecule has 0 amide bonds. The lowest BCUT2D eigenvalue weighted by Gasteiger charge is -2.41. The standard InChI is InChI=1S/C35H40F8N2O13S/c1-15(53-22(12-46)23(13-47)56-30-29(51)28(50)27(49)24(14-48)57-30)54-26-7-2-16(10-44-26)8-19(17-3-6-20(58-32(36)37)21(9-17)55-18-4-5-18)25-11-45-31(59-25)33(52,34(38,39)40)35(41,42)43/h2-3,6-7,9-11,15,18-19,22-24,27-30,32,46-52H,4-5,8,12-14H2,1H3/t15-,19-,22?,23?,24?,27?,28?,29?,30?/m0/s1. The van der Waals surface area contributed by atoms with Gasteiger partial charge in [0.2, 0.25) is 5.88 Å². The fraction of sp³-hybridized carbons (Fsp3) is 0.600. The minimum atomic E-state index is -6.20. The van der Waals surface area contributed by atoms with E-state index in [1.54, 1.807) is 0 Å². The van der Waals surface area contributed by atoms with E-state index in [9.17, 15) is 70.9 Å². The smallest absolute Gasteiger partial charge is 0.433 e. The van der Waals surface area contributed by atoms with Gasteiger partial charge in [-0.3, -0.25) is 0 Å². The lowest BCUT2D eigenvalue weighted by molar-refractivity contribution is -0.376. The van der Waals surface area contributed by atoms with E-state index in [4.69, 9.17) is 23.7 Å². The summed E-state index contributed by atoms with van der Waals surface area (Å²) in [6.07, 6.45) is -22.1. The van der Waals surface area contributed by atoms with E-state index in [1.165, 1.54) is 37.4 Å². The summed E-state index contributed by atoms with van der Waals surface area (Å²) in [5, 5.41) is 68.0. The Morgan fingerprint density at radius 1 is 0.847 bits per heavy atom. The van der Waals surface area contributed by atoms with Crippen LogP contribution in [0.2, 0.25) is 0 Å². The van der Waals surface area contributed by atoms with Crippen molar-refractivity contribution in [1.82, 2.24) is 9.97 Å². The van der Waals surface area contributed by atoms with Gasteiger partial charge in [-0.15, -0.1) is 11.3 Å². The highest BCUT2D eigenvalue weighted by Gasteiger charge is 2.73. The van der Waals surface area contributed by atoms with Crippen LogP contribution in [0, 0.1) is 0 Å². The van der Waals surface area contributed by atoms with Crippen LogP contribution in [0.15, 0.2) is 42.7 Å². The number of rotatable bonds is 19. The first-order valence-electron chi connectivity index (χ1n) is 17.7. The molecule has 9 atom stereocenters. The van der Waals surface area contributed by atoms with Crippen molar-refractivity contribution >= 4 is 11.3 Å². The minimum absolute atomic E-state index is 0.0612. The Bertz CT molecular complexity index is 1790. The first-order valence-corrected chi connectivity index (χ1v) is 18.5. The van der Waals surface area contributed by atoms with Crippen LogP contribution in [0.3, 0.4) is 0 Å². The van der Waals surface area contributed by atoms with Crippen LogP contribution < -0.4 is 14.2 Å². The molecule has 1 saturated carbocycles. The first-order chi connectivity index (χ1) is 27.7. The summed E-state index contributed by atoms with van der Waals surface area (Å²) < 4.78 is 141. The lowest BCUT2D eigenvalue weighted by Crippen LogP contribution is -2.60. The SMILES string of the molecule is C[C@H](Oc1ccc(C[C@@H](c2ccc(OC(F)F)c(OC3CC3)c2)c2cnc(C(O)(C(F)(F)F)C(F)(F)F)s2)cn1)OC(CO)C(CO)OC1OC(CO)C(O)C(O)C1O. The number of halogens is 8. The Hall–Kier alpha value is -3.56. The number of thiazole rings is 1. The van der Waals surface area contributed by atoms with Crippen molar-refractivity contribution in [3.63, 3.8) is 0 Å². The van der Waals surface area contributed by atoms with Gasteiger partial charge in [0.25, 0.3) is 0 Å². The highest BCUT2D eigenvalue weighted by Crippen LogP contribution is 2.52. The number of ether oxygens (including phenoxy) is 6. The predicted octanol–water partition coefficient (Wildman–Crippen LogP) is 2.65. The van der Waals surface area contributed by atoms with E-state index in [0.29, 0.717) is 18.4 Å². The second-order valence-electron chi connectivity index (χ2n) is 13.5. The number of benzene rings is 1. The molecule has 0 bridgehead atoms. The van der Waals surface area contributed by atoms with Gasteiger partial charge in [0, 0.05) is 29.3 Å². The maximum atomic E-state index is 13.7. The lowest BCUT2D eigenvalue weighted by atomic mass is 9.91. The molecule has 5 rings (SSSR count). The van der Waals surface area contributed by atoms with Gasteiger partial charge in [0.15, 0.2) is 24.1 Å². The van der Waals surface area contributed by atoms with Crippen molar-refractivity contribution in [2.45, 2.75) is 112 Å². The number of aromatic nitrogens is 2. The Morgan fingerprint density at radius 2 is 1.53 bits per heavy atom. The molecule has 3 heterocycles. The second-order valence-corrected chi connectivity index (χ2v) is 14.6. The Kier molecular flexibility index (Phi) is 15.0. The fourth-order valence-corrected chi connectivity index (χ4v) is 7.10. The average Bonchev–Trinajstić information content (AvgIpc) is 3.86. The minimum Gasteiger partial charge on any atom is -0.487 e. The van der Waals surface area contributed by atoms with Crippen molar-refractivity contribution < 1.29 is 99.3 Å². The number of nitrogens with zero attached hydrogens (tertiary/aromatic N) is 2. The highest BCUT2D eigenvalue weighted by molar-refractivity contribution is 7.11. The van der Waals surface area contributed by atoms with Crippen molar-refractivity contribution in [1.29, 1.82) is 0 Å². The van der Waals surface area contributed by atoms with Crippen LogP contribution in [0.5, 0.6) is 17.4 Å². The van der Waals surface area contributed by atoms with Gasteiger partial charge in [-0.05, 0) is 49.4 Å². The zero-order chi connectivity index (χ0) is 43.4. The summed E-state index contributed by atoms with van der Waals surface area (Å²) in [6.45, 7) is -4.24. The monoisotopic (exact) mass is 880 g/mol. The molecule has 0 radical (unpaired) electrons. The highest BCUT2D eigenvalue weighted by atomic mass is 32.1. The summed E-state index contributed by atoms with van der Waals surface area (Å²) in [7, 11) is 0. The molecule has 3 aromatic rings. The van der Waals surface area contributed by atoms with Gasteiger partial charge in [-0.25, -0.2) is 9.97 Å². The Morgan fingerprint density at radius 3 is 2.08 bits per heavy atom. The summed E-state index contributed by atoms with van der Waals surface area (Å²) in [4.78, 5) is 7.30. The number of hydrogen-bond acceptors (Lipinski definition) is 16. The van der Waals surface area contributed by atoms with E-state index < -0.39 is 105 Å². The van der Waals surface area contributed by atoms with Crippen LogP contribution in [-0.2, 0) is 26.2 Å². The zero-order valence-electron chi connectivity index (χ0n) is 30.5. The van der Waals surface area contributed by atoms with Crippen LogP contribution in [-0.4, -0.2) is 140 Å². The summed E-state index contributed by atoms with van der Waals surface area (Å²) in [6, 6.07) is 6.40. The zero-order valence-corrected chi connectivity index (χ0v) is 31.4. The maximum Gasteiger partial charge on any atom is 0.433 e. The number of hydrogen-bond donors (Lipinski definition) is 7. The van der Waals surface area contributed by atoms with Crippen molar-refractivity contribution in [3.8, 4) is 17.4 Å². The molecule has 1 aromatic carbocycles. The number of pyridine rings is 1. The van der Waals surface area contributed by atoms with Gasteiger partial charge in [-0.1, -0.05) is 12.1 Å². The molecule has 2 aromatic heterocycles. The Labute approximate surface area is 333 Å². The van der Waals surface area contributed by atoms with Gasteiger partial charge >= 0.3 is 24.6 Å². The number of alkyl halides is 8. The van der Waals surface area contributed by atoms with Crippen LogP contribution >= 0.6 is 11.3 Å². The second kappa shape index (κ2) is 19.0. The normalized spacial score (nSPS) is 23.8. The number of aliphatic hydroxyl groups is 7. The Balaban J connectivity index is 1.36. The molecule has 1 saturated heterocycles. The molecular formula is C35H40F8N2O13S. The quantitative estimate of drug-likeness (QED) is 0.0680. The molecule has 330 valence electrons. The summed E-state index contributed by atoms with van der Waals surface area (Å²) in [5.41, 5.74) is -4.80. The van der Waals surface area contributed by atoms with E-state index in [1.807, 2.05) is 0 Å². The van der Waals surface area contributed by atoms with Gasteiger partial charge in [-0.2, -0.15) is 35.1 Å². The molecule has 0 spiro atoms. The van der Waals surface area contributed by atoms with Crippen molar-refractivity contribution in [2.75, 3.05) is 19.8 Å². The first kappa shape index (κ1) is 46.5. The van der Waals surface area contributed by atoms with Gasteiger partial charge < -0.3 is 64.2 Å². The molecule has 1 aliphatic carbocycles. The largest absolute Gasteiger partial charge is 0.487 e. The molecule has 15 nitrogen and oxygen atoms in total. The number of aliphatic hydroxyl groups excluding tert-OH is 6.